The first-order valence-corrected chi connectivity index (χ1v) is 13.3. The number of nitrogens with one attached hydrogen (secondary N) is 1. The summed E-state index contributed by atoms with van der Waals surface area (Å²) in [5, 5.41) is 22.1. The Kier molecular flexibility index (Phi) is 4.30. The molecule has 1 saturated carbocycles. The van der Waals surface area contributed by atoms with Crippen LogP contribution < -0.4 is 11.1 Å². The van der Waals surface area contributed by atoms with Crippen molar-refractivity contribution in [1.29, 1.82) is 5.26 Å². The van der Waals surface area contributed by atoms with Crippen molar-refractivity contribution in [3.8, 4) is 27.9 Å². The quantitative estimate of drug-likeness (QED) is 0.301. The highest BCUT2D eigenvalue weighted by Crippen LogP contribution is 2.56. The van der Waals surface area contributed by atoms with Crippen LogP contribution in [0.2, 0.25) is 0 Å². The van der Waals surface area contributed by atoms with E-state index in [0.29, 0.717) is 16.4 Å². The number of benzene rings is 2. The number of aromatic nitrogens is 4. The summed E-state index contributed by atoms with van der Waals surface area (Å²) in [4.78, 5) is 6.35. The molecule has 8 heteroatoms. The first-order valence-electron chi connectivity index (χ1n) is 12.0. The third-order valence-corrected chi connectivity index (χ3v) is 9.87. The van der Waals surface area contributed by atoms with Crippen LogP contribution in [0.5, 0.6) is 0 Å². The molecule has 176 valence electrons. The van der Waals surface area contributed by atoms with Gasteiger partial charge in [0.25, 0.3) is 0 Å². The van der Waals surface area contributed by atoms with Crippen LogP contribution in [0.15, 0.2) is 52.5 Å². The Bertz CT molecular complexity index is 1590. The van der Waals surface area contributed by atoms with Gasteiger partial charge >= 0.3 is 0 Å². The summed E-state index contributed by atoms with van der Waals surface area (Å²) in [6.07, 6.45) is 6.22. The molecule has 35 heavy (non-hydrogen) atoms. The minimum Gasteiger partial charge on any atom is -0.394 e. The van der Waals surface area contributed by atoms with Crippen LogP contribution in [0, 0.1) is 16.1 Å². The molecule has 1 unspecified atom stereocenters. The Balaban J connectivity index is 1.43. The molecule has 7 nitrogen and oxygen atoms in total. The lowest BCUT2D eigenvalue weighted by atomic mass is 9.58. The Morgan fingerprint density at radius 2 is 2.03 bits per heavy atom. The van der Waals surface area contributed by atoms with Crippen LogP contribution in [-0.4, -0.2) is 32.4 Å². The standard InChI is InChI=1S/C27H27N7S/c1-33-24(20-5-3-4-17-9-22(29)35(15-28)25(17)20)23(16-6-7-21-18(8-16)12-31-34(21)2)32-26(33)19-10-27(11-19)13-30-14-27/h3-9,12,19,30,35H,10-11,13-14,29H2,1-2H3. The second kappa shape index (κ2) is 7.23. The van der Waals surface area contributed by atoms with Gasteiger partial charge in [-0.3, -0.25) is 4.68 Å². The van der Waals surface area contributed by atoms with E-state index in [-0.39, 0.29) is 0 Å². The highest BCUT2D eigenvalue weighted by Gasteiger charge is 2.50. The number of imidazole rings is 1. The SMILES string of the molecule is Cn1c(C2CC3(CNC3)C2)nc(-c2ccc3c(cnn3C)c2)c1-c1cccc2c1[SH](C#N)C(N)=C2. The molecule has 1 saturated heterocycles. The molecule has 4 aromatic rings. The first-order chi connectivity index (χ1) is 17.0. The number of fused-ring (bicyclic) bond motifs is 2. The zero-order valence-electron chi connectivity index (χ0n) is 19.8. The van der Waals surface area contributed by atoms with Gasteiger partial charge < -0.3 is 15.6 Å². The minimum absolute atomic E-state index is 0.453. The number of nitrogens with two attached hydrogens (primary N) is 1. The topological polar surface area (TPSA) is 97.5 Å². The molecule has 2 aromatic carbocycles. The van der Waals surface area contributed by atoms with Crippen molar-refractivity contribution < 1.29 is 0 Å². The molecule has 0 radical (unpaired) electrons. The molecular formula is C27H27N7S. The number of thiol groups is 1. The molecule has 0 amide bonds. The monoisotopic (exact) mass is 481 g/mol. The van der Waals surface area contributed by atoms with Crippen molar-refractivity contribution in [3.63, 3.8) is 0 Å². The van der Waals surface area contributed by atoms with Crippen molar-refractivity contribution in [2.75, 3.05) is 13.1 Å². The van der Waals surface area contributed by atoms with Gasteiger partial charge in [0.15, 0.2) is 0 Å². The van der Waals surface area contributed by atoms with Gasteiger partial charge in [0.1, 0.15) is 11.2 Å². The first kappa shape index (κ1) is 20.8. The van der Waals surface area contributed by atoms with Crippen molar-refractivity contribution in [1.82, 2.24) is 24.6 Å². The third kappa shape index (κ3) is 2.89. The van der Waals surface area contributed by atoms with E-state index >= 15 is 0 Å². The molecule has 4 heterocycles. The maximum atomic E-state index is 9.98. The number of hydrogen-bond acceptors (Lipinski definition) is 5. The Morgan fingerprint density at radius 3 is 2.77 bits per heavy atom. The average molecular weight is 482 g/mol. The maximum Gasteiger partial charge on any atom is 0.120 e. The van der Waals surface area contributed by atoms with E-state index in [1.54, 1.807) is 0 Å². The van der Waals surface area contributed by atoms with E-state index in [4.69, 9.17) is 10.7 Å². The molecule has 0 bridgehead atoms. The lowest BCUT2D eigenvalue weighted by Gasteiger charge is -2.54. The summed E-state index contributed by atoms with van der Waals surface area (Å²) in [6.45, 7) is 2.24. The van der Waals surface area contributed by atoms with Gasteiger partial charge in [-0.05, 0) is 42.0 Å². The molecule has 3 N–H and O–H groups in total. The molecule has 2 aliphatic heterocycles. The highest BCUT2D eigenvalue weighted by molar-refractivity contribution is 8.24. The van der Waals surface area contributed by atoms with Crippen molar-refractivity contribution in [2.24, 2.45) is 25.2 Å². The minimum atomic E-state index is -1.21. The van der Waals surface area contributed by atoms with E-state index in [2.05, 4.69) is 63.8 Å². The second-order valence-corrected chi connectivity index (χ2v) is 12.1. The Labute approximate surface area is 206 Å². The Hall–Kier alpha value is -3.54. The van der Waals surface area contributed by atoms with Crippen molar-refractivity contribution >= 4 is 27.9 Å². The van der Waals surface area contributed by atoms with E-state index < -0.39 is 10.9 Å². The van der Waals surface area contributed by atoms with Gasteiger partial charge in [0.05, 0.1) is 28.1 Å². The smallest absolute Gasteiger partial charge is 0.120 e. The molecule has 2 aromatic heterocycles. The lowest BCUT2D eigenvalue weighted by Crippen LogP contribution is -2.59. The molecule has 1 aliphatic carbocycles. The molecule has 3 aliphatic rings. The van der Waals surface area contributed by atoms with Crippen LogP contribution in [0.25, 0.3) is 39.5 Å². The van der Waals surface area contributed by atoms with Gasteiger partial charge in [-0.25, -0.2) is 4.98 Å². The zero-order chi connectivity index (χ0) is 23.9. The summed E-state index contributed by atoms with van der Waals surface area (Å²) in [5.41, 5.74) is 13.1. The number of nitriles is 1. The van der Waals surface area contributed by atoms with Gasteiger partial charge in [-0.1, -0.05) is 35.2 Å². The predicted molar refractivity (Wildman–Crippen MR) is 141 cm³/mol. The lowest BCUT2D eigenvalue weighted by molar-refractivity contribution is 0.0321. The van der Waals surface area contributed by atoms with E-state index in [9.17, 15) is 5.26 Å². The summed E-state index contributed by atoms with van der Waals surface area (Å²) in [5.74, 6) is 1.59. The zero-order valence-corrected chi connectivity index (χ0v) is 20.7. The fourth-order valence-corrected chi connectivity index (χ4v) is 7.78. The number of thiocyanates is 1. The number of nitrogens with zero attached hydrogens (tertiary/aromatic N) is 5. The summed E-state index contributed by atoms with van der Waals surface area (Å²) in [6, 6.07) is 12.7. The van der Waals surface area contributed by atoms with E-state index in [0.717, 1.165) is 62.8 Å². The van der Waals surface area contributed by atoms with Crippen LogP contribution in [0.1, 0.15) is 30.1 Å². The van der Waals surface area contributed by atoms with E-state index in [1.165, 1.54) is 12.8 Å². The van der Waals surface area contributed by atoms with Gasteiger partial charge in [-0.15, -0.1) is 0 Å². The summed E-state index contributed by atoms with van der Waals surface area (Å²) in [7, 11) is 2.89. The number of aryl methyl sites for hydroxylation is 1. The molecule has 1 atom stereocenters. The van der Waals surface area contributed by atoms with E-state index in [1.807, 2.05) is 24.0 Å². The second-order valence-electron chi connectivity index (χ2n) is 10.2. The molecule has 2 fully saturated rings. The highest BCUT2D eigenvalue weighted by atomic mass is 32.2. The van der Waals surface area contributed by atoms with Gasteiger partial charge in [0, 0.05) is 54.5 Å². The fraction of sp³-hybridized carbons (Fsp3) is 0.296. The predicted octanol–water partition coefficient (Wildman–Crippen LogP) is 4.22. The van der Waals surface area contributed by atoms with Crippen LogP contribution in [0.4, 0.5) is 0 Å². The summed E-state index contributed by atoms with van der Waals surface area (Å²) < 4.78 is 4.17. The van der Waals surface area contributed by atoms with Crippen LogP contribution in [-0.2, 0) is 14.1 Å². The third-order valence-electron chi connectivity index (χ3n) is 8.08. The fourth-order valence-electron chi connectivity index (χ4n) is 6.22. The van der Waals surface area contributed by atoms with Gasteiger partial charge in [0.2, 0.25) is 0 Å². The van der Waals surface area contributed by atoms with Crippen molar-refractivity contribution in [3.05, 3.63) is 59.0 Å². The maximum absolute atomic E-state index is 9.98. The summed E-state index contributed by atoms with van der Waals surface area (Å²) >= 11 is 0. The Morgan fingerprint density at radius 1 is 1.20 bits per heavy atom. The van der Waals surface area contributed by atoms with Gasteiger partial charge in [-0.2, -0.15) is 10.4 Å². The molecule has 7 rings (SSSR count). The number of rotatable bonds is 3. The number of hydrogen-bond donors (Lipinski definition) is 3. The normalized spacial score (nSPS) is 21.4. The largest absolute Gasteiger partial charge is 0.394 e. The average Bonchev–Trinajstić information content (AvgIpc) is 3.44. The van der Waals surface area contributed by atoms with Crippen LogP contribution >= 0.6 is 10.9 Å². The van der Waals surface area contributed by atoms with Crippen molar-refractivity contribution in [2.45, 2.75) is 23.7 Å². The molecular weight excluding hydrogens is 454 g/mol. The van der Waals surface area contributed by atoms with Crippen LogP contribution in [0.3, 0.4) is 0 Å². The molecule has 1 spiro atoms.